The number of thioether (sulfide) groups is 1. The molecule has 0 bridgehead atoms. The van der Waals surface area contributed by atoms with Gasteiger partial charge < -0.3 is 10.2 Å². The van der Waals surface area contributed by atoms with Gasteiger partial charge in [0, 0.05) is 25.1 Å². The second-order valence-corrected chi connectivity index (χ2v) is 4.52. The number of hydrogen-bond donors (Lipinski definition) is 2. The summed E-state index contributed by atoms with van der Waals surface area (Å²) in [6.07, 6.45) is 1.28. The summed E-state index contributed by atoms with van der Waals surface area (Å²) in [5, 5.41) is 19.3. The molecule has 5 nitrogen and oxygen atoms in total. The molecule has 2 N–H and O–H groups in total. The Balaban J connectivity index is 2.42. The molecule has 0 aliphatic carbocycles. The molecule has 16 heavy (non-hydrogen) atoms. The molecular weight excluding hydrogens is 228 g/mol. The van der Waals surface area contributed by atoms with Crippen molar-refractivity contribution in [3.05, 3.63) is 24.3 Å². The van der Waals surface area contributed by atoms with Gasteiger partial charge in [-0.2, -0.15) is 0 Å². The van der Waals surface area contributed by atoms with E-state index in [9.17, 15) is 15.0 Å². The molecule has 0 saturated heterocycles. The Morgan fingerprint density at radius 1 is 1.44 bits per heavy atom. The number of aliphatic hydroxyl groups is 2. The van der Waals surface area contributed by atoms with Crippen LogP contribution in [-0.2, 0) is 4.79 Å². The quantitative estimate of drug-likeness (QED) is 0.784. The van der Waals surface area contributed by atoms with Crippen LogP contribution in [0.1, 0.15) is 25.3 Å². The van der Waals surface area contributed by atoms with Gasteiger partial charge in [0.15, 0.2) is 10.9 Å². The van der Waals surface area contributed by atoms with Crippen LogP contribution in [0.15, 0.2) is 18.5 Å². The molecule has 0 aliphatic rings. The van der Waals surface area contributed by atoms with Gasteiger partial charge in [0.25, 0.3) is 0 Å². The van der Waals surface area contributed by atoms with Crippen molar-refractivity contribution in [2.75, 3.05) is 5.75 Å². The summed E-state index contributed by atoms with van der Waals surface area (Å²) in [6, 6.07) is 1.63. The number of carbonyl (C=O) groups excluding carboxylic acids is 1. The van der Waals surface area contributed by atoms with Crippen LogP contribution in [0.2, 0.25) is 0 Å². The second-order valence-electron chi connectivity index (χ2n) is 3.25. The van der Waals surface area contributed by atoms with E-state index in [4.69, 9.17) is 0 Å². The molecule has 0 spiro atoms. The molecule has 0 radical (unpaired) electrons. The molecule has 0 aromatic carbocycles. The average Bonchev–Trinajstić information content (AvgIpc) is 2.28. The van der Waals surface area contributed by atoms with Crippen LogP contribution >= 0.6 is 11.8 Å². The van der Waals surface area contributed by atoms with Gasteiger partial charge in [-0.25, -0.2) is 9.97 Å². The lowest BCUT2D eigenvalue weighted by atomic mass is 10.1. The van der Waals surface area contributed by atoms with Crippen LogP contribution < -0.4 is 0 Å². The lowest BCUT2D eigenvalue weighted by Crippen LogP contribution is -2.21. The molecule has 2 unspecified atom stereocenters. The third-order valence-corrected chi connectivity index (χ3v) is 2.78. The highest BCUT2D eigenvalue weighted by atomic mass is 32.2. The molecule has 0 fully saturated rings. The molecule has 2 atom stereocenters. The predicted octanol–water partition coefficient (Wildman–Crippen LogP) is 0.541. The minimum Gasteiger partial charge on any atom is -0.390 e. The van der Waals surface area contributed by atoms with Crippen molar-refractivity contribution in [1.82, 2.24) is 9.97 Å². The summed E-state index contributed by atoms with van der Waals surface area (Å²) in [5.41, 5.74) is 0. The fraction of sp³-hybridized carbons (Fsp3) is 0.500. The Hall–Kier alpha value is -0.980. The summed E-state index contributed by atoms with van der Waals surface area (Å²) < 4.78 is 0. The summed E-state index contributed by atoms with van der Waals surface area (Å²) in [6.45, 7) is 1.47. The fourth-order valence-corrected chi connectivity index (χ4v) is 1.76. The molecule has 0 aliphatic heterocycles. The van der Waals surface area contributed by atoms with E-state index in [0.29, 0.717) is 12.2 Å². The number of carbonyl (C=O) groups is 1. The van der Waals surface area contributed by atoms with Gasteiger partial charge in [-0.1, -0.05) is 11.8 Å². The van der Waals surface area contributed by atoms with E-state index in [0.717, 1.165) is 11.8 Å². The number of aliphatic hydroxyl groups excluding tert-OH is 2. The van der Waals surface area contributed by atoms with Gasteiger partial charge in [0.1, 0.15) is 6.10 Å². The fourth-order valence-electron chi connectivity index (χ4n) is 1.12. The van der Waals surface area contributed by atoms with Crippen LogP contribution in [-0.4, -0.2) is 37.2 Å². The second kappa shape index (κ2) is 6.57. The SMILES string of the molecule is CC(=O)SCCC(O)C(O)c1ncccn1. The normalized spacial score (nSPS) is 14.4. The molecular formula is C10H14N2O3S. The summed E-state index contributed by atoms with van der Waals surface area (Å²) >= 11 is 1.12. The molecule has 1 aromatic heterocycles. The number of rotatable bonds is 5. The zero-order valence-corrected chi connectivity index (χ0v) is 9.72. The molecule has 1 heterocycles. The molecule has 1 rings (SSSR count). The van der Waals surface area contributed by atoms with Crippen LogP contribution in [0.25, 0.3) is 0 Å². The molecule has 0 amide bonds. The van der Waals surface area contributed by atoms with Crippen molar-refractivity contribution in [1.29, 1.82) is 0 Å². The Labute approximate surface area is 97.9 Å². The van der Waals surface area contributed by atoms with Crippen molar-refractivity contribution in [3.63, 3.8) is 0 Å². The smallest absolute Gasteiger partial charge is 0.185 e. The highest BCUT2D eigenvalue weighted by Gasteiger charge is 2.20. The molecule has 0 saturated carbocycles. The van der Waals surface area contributed by atoms with Crippen LogP contribution in [0.5, 0.6) is 0 Å². The van der Waals surface area contributed by atoms with Crippen molar-refractivity contribution in [2.45, 2.75) is 25.6 Å². The maximum atomic E-state index is 10.7. The number of hydrogen-bond acceptors (Lipinski definition) is 6. The topological polar surface area (TPSA) is 83.3 Å². The minimum atomic E-state index is -1.10. The summed E-state index contributed by atoms with van der Waals surface area (Å²) in [5.74, 6) is 0.670. The third kappa shape index (κ3) is 4.26. The van der Waals surface area contributed by atoms with E-state index < -0.39 is 12.2 Å². The molecule has 88 valence electrons. The Kier molecular flexibility index (Phi) is 5.37. The maximum absolute atomic E-state index is 10.7. The molecule has 1 aromatic rings. The Bertz CT molecular complexity index is 334. The van der Waals surface area contributed by atoms with E-state index >= 15 is 0 Å². The molecule has 6 heteroatoms. The van der Waals surface area contributed by atoms with Crippen molar-refractivity contribution < 1.29 is 15.0 Å². The van der Waals surface area contributed by atoms with Gasteiger partial charge >= 0.3 is 0 Å². The lowest BCUT2D eigenvalue weighted by molar-refractivity contribution is -0.109. The van der Waals surface area contributed by atoms with Crippen LogP contribution in [0, 0.1) is 0 Å². The monoisotopic (exact) mass is 242 g/mol. The Morgan fingerprint density at radius 3 is 2.62 bits per heavy atom. The minimum absolute atomic E-state index is 0.00218. The van der Waals surface area contributed by atoms with E-state index in [1.54, 1.807) is 6.07 Å². The van der Waals surface area contributed by atoms with E-state index in [2.05, 4.69) is 9.97 Å². The van der Waals surface area contributed by atoms with Gasteiger partial charge in [0.05, 0.1) is 6.10 Å². The summed E-state index contributed by atoms with van der Waals surface area (Å²) in [7, 11) is 0. The highest BCUT2D eigenvalue weighted by Crippen LogP contribution is 2.16. The largest absolute Gasteiger partial charge is 0.390 e. The van der Waals surface area contributed by atoms with Gasteiger partial charge in [-0.3, -0.25) is 4.79 Å². The standard InChI is InChI=1S/C10H14N2O3S/c1-7(13)16-6-3-8(14)9(15)10-11-4-2-5-12-10/h2,4-5,8-9,14-15H,3,6H2,1H3. The van der Waals surface area contributed by atoms with Crippen LogP contribution in [0.3, 0.4) is 0 Å². The van der Waals surface area contributed by atoms with Crippen molar-refractivity contribution in [2.24, 2.45) is 0 Å². The van der Waals surface area contributed by atoms with Gasteiger partial charge in [0.2, 0.25) is 0 Å². The maximum Gasteiger partial charge on any atom is 0.185 e. The zero-order valence-electron chi connectivity index (χ0n) is 8.91. The zero-order chi connectivity index (χ0) is 12.0. The first-order valence-corrected chi connectivity index (χ1v) is 5.86. The third-order valence-electron chi connectivity index (χ3n) is 1.93. The van der Waals surface area contributed by atoms with Gasteiger partial charge in [-0.15, -0.1) is 0 Å². The van der Waals surface area contributed by atoms with Crippen molar-refractivity contribution in [3.8, 4) is 0 Å². The van der Waals surface area contributed by atoms with Crippen molar-refractivity contribution >= 4 is 16.9 Å². The van der Waals surface area contributed by atoms with E-state index in [-0.39, 0.29) is 10.9 Å². The summed E-state index contributed by atoms with van der Waals surface area (Å²) in [4.78, 5) is 18.4. The Morgan fingerprint density at radius 2 is 2.06 bits per heavy atom. The van der Waals surface area contributed by atoms with Gasteiger partial charge in [-0.05, 0) is 12.5 Å². The predicted molar refractivity (Wildman–Crippen MR) is 60.8 cm³/mol. The number of nitrogens with zero attached hydrogens (tertiary/aromatic N) is 2. The average molecular weight is 242 g/mol. The lowest BCUT2D eigenvalue weighted by Gasteiger charge is -2.15. The number of aromatic nitrogens is 2. The van der Waals surface area contributed by atoms with Crippen LogP contribution in [0.4, 0.5) is 0 Å². The van der Waals surface area contributed by atoms with E-state index in [1.165, 1.54) is 19.3 Å². The van der Waals surface area contributed by atoms with E-state index in [1.807, 2.05) is 0 Å². The first-order chi connectivity index (χ1) is 7.61. The first-order valence-electron chi connectivity index (χ1n) is 4.87. The highest BCUT2D eigenvalue weighted by molar-refractivity contribution is 8.13. The first kappa shape index (κ1) is 13.1.